The number of alkyl halides is 2. The fraction of sp³-hybridized carbons (Fsp3) is 0.111. The molecule has 0 bridgehead atoms. The third-order valence-corrected chi connectivity index (χ3v) is 5.53. The maximum Gasteiger partial charge on any atom is 0.387 e. The van der Waals surface area contributed by atoms with Gasteiger partial charge in [0.2, 0.25) is 0 Å². The standard InChI is InChI=1S/C18H13ClF4N2O3S/c19-12-3-1-2-10(5-12)4-11-8-24-9-17(11)29(26,27)25-15-6-14(21)16(7-13(15)20)28-18(22)23/h1-3,5-9,18,24-25H,4H2. The van der Waals surface area contributed by atoms with Crippen LogP contribution in [0.15, 0.2) is 53.7 Å². The highest BCUT2D eigenvalue weighted by Gasteiger charge is 2.23. The SMILES string of the molecule is O=S(=O)(Nc1cc(F)c(OC(F)F)cc1F)c1c[nH]cc1Cc1cccc(Cl)c1. The van der Waals surface area contributed by atoms with Crippen LogP contribution in [0.1, 0.15) is 11.1 Å². The van der Waals surface area contributed by atoms with Crippen molar-refractivity contribution in [1.82, 2.24) is 4.98 Å². The van der Waals surface area contributed by atoms with Crippen molar-refractivity contribution in [1.29, 1.82) is 0 Å². The van der Waals surface area contributed by atoms with E-state index in [0.29, 0.717) is 22.7 Å². The van der Waals surface area contributed by atoms with Crippen molar-refractivity contribution < 1.29 is 30.7 Å². The average molecular weight is 449 g/mol. The molecule has 0 spiro atoms. The second kappa shape index (κ2) is 8.34. The first-order chi connectivity index (χ1) is 13.7. The van der Waals surface area contributed by atoms with Gasteiger partial charge in [0.1, 0.15) is 4.90 Å². The molecule has 0 saturated carbocycles. The first-order valence-electron chi connectivity index (χ1n) is 8.02. The molecule has 0 atom stereocenters. The van der Waals surface area contributed by atoms with Crippen LogP contribution in [0.25, 0.3) is 0 Å². The number of sulfonamides is 1. The molecule has 3 rings (SSSR count). The first kappa shape index (κ1) is 21.0. The molecular formula is C18H13ClF4N2O3S. The summed E-state index contributed by atoms with van der Waals surface area (Å²) >= 11 is 5.93. The molecule has 0 fully saturated rings. The zero-order valence-corrected chi connectivity index (χ0v) is 16.0. The number of rotatable bonds is 7. The molecule has 29 heavy (non-hydrogen) atoms. The zero-order valence-electron chi connectivity index (χ0n) is 14.4. The molecule has 0 amide bonds. The van der Waals surface area contributed by atoms with Gasteiger partial charge < -0.3 is 9.72 Å². The van der Waals surface area contributed by atoms with Crippen LogP contribution in [0, 0.1) is 11.6 Å². The maximum atomic E-state index is 14.1. The molecule has 154 valence electrons. The Morgan fingerprint density at radius 2 is 1.86 bits per heavy atom. The van der Waals surface area contributed by atoms with Crippen molar-refractivity contribution >= 4 is 27.3 Å². The fourth-order valence-electron chi connectivity index (χ4n) is 2.63. The van der Waals surface area contributed by atoms with Crippen molar-refractivity contribution in [3.8, 4) is 5.75 Å². The molecule has 11 heteroatoms. The number of aromatic amines is 1. The summed E-state index contributed by atoms with van der Waals surface area (Å²) in [5.74, 6) is -3.67. The highest BCUT2D eigenvalue weighted by molar-refractivity contribution is 7.92. The molecule has 2 N–H and O–H groups in total. The first-order valence-corrected chi connectivity index (χ1v) is 9.88. The van der Waals surface area contributed by atoms with E-state index in [4.69, 9.17) is 11.6 Å². The summed E-state index contributed by atoms with van der Waals surface area (Å²) in [6, 6.07) is 7.55. The number of hydrogen-bond donors (Lipinski definition) is 2. The highest BCUT2D eigenvalue weighted by Crippen LogP contribution is 2.29. The number of aromatic nitrogens is 1. The summed E-state index contributed by atoms with van der Waals surface area (Å²) in [4.78, 5) is 2.47. The molecular weight excluding hydrogens is 436 g/mol. The van der Waals surface area contributed by atoms with Crippen molar-refractivity contribution in [3.05, 3.63) is 76.6 Å². The van der Waals surface area contributed by atoms with E-state index in [2.05, 4.69) is 9.72 Å². The Kier molecular flexibility index (Phi) is 6.04. The Morgan fingerprint density at radius 1 is 1.10 bits per heavy atom. The zero-order chi connectivity index (χ0) is 21.2. The van der Waals surface area contributed by atoms with Crippen molar-refractivity contribution in [2.24, 2.45) is 0 Å². The van der Waals surface area contributed by atoms with Crippen LogP contribution in [0.4, 0.5) is 23.2 Å². The summed E-state index contributed by atoms with van der Waals surface area (Å²) in [5.41, 5.74) is 0.344. The van der Waals surface area contributed by atoms with Crippen LogP contribution in [-0.2, 0) is 16.4 Å². The Bertz CT molecular complexity index is 1140. The van der Waals surface area contributed by atoms with Gasteiger partial charge in [-0.05, 0) is 23.3 Å². The van der Waals surface area contributed by atoms with Crippen molar-refractivity contribution in [3.63, 3.8) is 0 Å². The smallest absolute Gasteiger partial charge is 0.387 e. The van der Waals surface area contributed by atoms with Crippen LogP contribution in [0.2, 0.25) is 5.02 Å². The number of ether oxygens (including phenoxy) is 1. The van der Waals surface area contributed by atoms with E-state index in [9.17, 15) is 26.0 Å². The van der Waals surface area contributed by atoms with E-state index in [-0.39, 0.29) is 11.3 Å². The molecule has 1 aromatic heterocycles. The molecule has 3 aromatic rings. The lowest BCUT2D eigenvalue weighted by Gasteiger charge is -2.12. The number of nitrogens with one attached hydrogen (secondary N) is 2. The van der Waals surface area contributed by atoms with Crippen LogP contribution in [-0.4, -0.2) is 20.0 Å². The minimum absolute atomic E-state index is 0.190. The lowest BCUT2D eigenvalue weighted by molar-refractivity contribution is -0.0523. The minimum Gasteiger partial charge on any atom is -0.432 e. The molecule has 0 aliphatic carbocycles. The van der Waals surface area contributed by atoms with Gasteiger partial charge in [0.15, 0.2) is 17.4 Å². The van der Waals surface area contributed by atoms with Gasteiger partial charge in [0.25, 0.3) is 10.0 Å². The van der Waals surface area contributed by atoms with Crippen molar-refractivity contribution in [2.75, 3.05) is 4.72 Å². The lowest BCUT2D eigenvalue weighted by Crippen LogP contribution is -2.15. The third kappa shape index (κ3) is 5.01. The molecule has 0 unspecified atom stereocenters. The number of benzene rings is 2. The number of halogens is 5. The van der Waals surface area contributed by atoms with Gasteiger partial charge in [-0.3, -0.25) is 4.72 Å². The molecule has 5 nitrogen and oxygen atoms in total. The predicted molar refractivity (Wildman–Crippen MR) is 98.8 cm³/mol. The summed E-state index contributed by atoms with van der Waals surface area (Å²) < 4.78 is 83.4. The van der Waals surface area contributed by atoms with E-state index < -0.39 is 39.7 Å². The highest BCUT2D eigenvalue weighted by atomic mass is 35.5. The monoisotopic (exact) mass is 448 g/mol. The van der Waals surface area contributed by atoms with Gasteiger partial charge in [-0.1, -0.05) is 23.7 Å². The second-order valence-electron chi connectivity index (χ2n) is 5.90. The van der Waals surface area contributed by atoms with Crippen LogP contribution in [0.5, 0.6) is 5.75 Å². The van der Waals surface area contributed by atoms with Crippen LogP contribution in [0.3, 0.4) is 0 Å². The summed E-state index contributed by atoms with van der Waals surface area (Å²) in [5, 5.41) is 0.476. The molecule has 0 radical (unpaired) electrons. The normalized spacial score (nSPS) is 11.7. The summed E-state index contributed by atoms with van der Waals surface area (Å²) in [7, 11) is -4.32. The van der Waals surface area contributed by atoms with Crippen LogP contribution < -0.4 is 9.46 Å². The molecule has 2 aromatic carbocycles. The average Bonchev–Trinajstić information content (AvgIpc) is 3.08. The minimum atomic E-state index is -4.32. The topological polar surface area (TPSA) is 71.2 Å². The van der Waals surface area contributed by atoms with Gasteiger partial charge in [-0.15, -0.1) is 0 Å². The number of anilines is 1. The maximum absolute atomic E-state index is 14.1. The molecule has 1 heterocycles. The number of H-pyrrole nitrogens is 1. The molecule has 0 aliphatic heterocycles. The van der Waals surface area contributed by atoms with Crippen LogP contribution >= 0.6 is 11.6 Å². The van der Waals surface area contributed by atoms with E-state index >= 15 is 0 Å². The van der Waals surface area contributed by atoms with Gasteiger partial charge in [0.05, 0.1) is 5.69 Å². The fourth-order valence-corrected chi connectivity index (χ4v) is 4.10. The third-order valence-electron chi connectivity index (χ3n) is 3.84. The van der Waals surface area contributed by atoms with Gasteiger partial charge >= 0.3 is 6.61 Å². The van der Waals surface area contributed by atoms with E-state index in [0.717, 1.165) is 5.56 Å². The Labute approximate surface area is 168 Å². The molecule has 0 saturated heterocycles. The number of hydrogen-bond acceptors (Lipinski definition) is 3. The van der Waals surface area contributed by atoms with E-state index in [1.54, 1.807) is 24.3 Å². The quantitative estimate of drug-likeness (QED) is 0.503. The second-order valence-corrected chi connectivity index (χ2v) is 7.99. The Morgan fingerprint density at radius 3 is 2.55 bits per heavy atom. The predicted octanol–water partition coefficient (Wildman–Crippen LogP) is 4.94. The summed E-state index contributed by atoms with van der Waals surface area (Å²) in [6.45, 7) is -3.36. The Hall–Kier alpha value is -2.72. The summed E-state index contributed by atoms with van der Waals surface area (Å²) in [6.07, 6.45) is 2.84. The van der Waals surface area contributed by atoms with Gasteiger partial charge in [-0.2, -0.15) is 8.78 Å². The molecule has 0 aliphatic rings. The largest absolute Gasteiger partial charge is 0.432 e. The van der Waals surface area contributed by atoms with E-state index in [1.165, 1.54) is 12.4 Å². The van der Waals surface area contributed by atoms with Crippen molar-refractivity contribution in [2.45, 2.75) is 17.9 Å². The van der Waals surface area contributed by atoms with Gasteiger partial charge in [0, 0.05) is 36.0 Å². The Balaban J connectivity index is 1.88. The van der Waals surface area contributed by atoms with Gasteiger partial charge in [-0.25, -0.2) is 17.2 Å². The lowest BCUT2D eigenvalue weighted by atomic mass is 10.1. The van der Waals surface area contributed by atoms with E-state index in [1.807, 2.05) is 4.72 Å².